The number of rotatable bonds is 2. The molecule has 1 saturated heterocycles. The predicted molar refractivity (Wildman–Crippen MR) is 65.0 cm³/mol. The third kappa shape index (κ3) is 2.52. The SMILES string of the molecule is N[C@H](C(=O)N1CCSC1)[C@@H]1CCCC[C@H]1O. The minimum absolute atomic E-state index is 0.0240. The lowest BCUT2D eigenvalue weighted by molar-refractivity contribution is -0.134. The first-order valence-electron chi connectivity index (χ1n) is 6.00. The van der Waals surface area contributed by atoms with E-state index in [9.17, 15) is 9.90 Å². The number of amides is 1. The molecule has 0 unspecified atom stereocenters. The Bertz CT molecular complexity index is 256. The average molecular weight is 244 g/mol. The largest absolute Gasteiger partial charge is 0.393 e. The maximum atomic E-state index is 12.1. The van der Waals surface area contributed by atoms with Gasteiger partial charge in [-0.2, -0.15) is 0 Å². The van der Waals surface area contributed by atoms with Gasteiger partial charge < -0.3 is 15.7 Å². The number of aliphatic hydroxyl groups is 1. The molecule has 92 valence electrons. The highest BCUT2D eigenvalue weighted by Gasteiger charge is 2.35. The summed E-state index contributed by atoms with van der Waals surface area (Å²) in [5.41, 5.74) is 6.00. The molecule has 4 nitrogen and oxygen atoms in total. The molecule has 0 aromatic rings. The van der Waals surface area contributed by atoms with Crippen LogP contribution < -0.4 is 5.73 Å². The normalized spacial score (nSPS) is 32.8. The van der Waals surface area contributed by atoms with Crippen LogP contribution in [0.25, 0.3) is 0 Å². The van der Waals surface area contributed by atoms with Crippen LogP contribution in [0.5, 0.6) is 0 Å². The Labute approximate surface area is 101 Å². The van der Waals surface area contributed by atoms with Crippen molar-refractivity contribution in [3.05, 3.63) is 0 Å². The van der Waals surface area contributed by atoms with E-state index in [0.29, 0.717) is 0 Å². The van der Waals surface area contributed by atoms with E-state index >= 15 is 0 Å². The molecule has 0 spiro atoms. The van der Waals surface area contributed by atoms with E-state index in [-0.39, 0.29) is 17.9 Å². The molecular formula is C11H20N2O2S. The van der Waals surface area contributed by atoms with E-state index in [0.717, 1.165) is 43.9 Å². The van der Waals surface area contributed by atoms with Gasteiger partial charge in [0.1, 0.15) is 0 Å². The summed E-state index contributed by atoms with van der Waals surface area (Å²) in [6.45, 7) is 0.806. The zero-order valence-electron chi connectivity index (χ0n) is 9.47. The molecule has 1 amide bonds. The van der Waals surface area contributed by atoms with Crippen molar-refractivity contribution >= 4 is 17.7 Å². The summed E-state index contributed by atoms with van der Waals surface area (Å²) in [7, 11) is 0. The van der Waals surface area contributed by atoms with Gasteiger partial charge in [-0.3, -0.25) is 4.79 Å². The molecule has 0 bridgehead atoms. The molecule has 5 heteroatoms. The Morgan fingerprint density at radius 2 is 2.19 bits per heavy atom. The van der Waals surface area contributed by atoms with Crippen LogP contribution in [-0.2, 0) is 4.79 Å². The van der Waals surface area contributed by atoms with E-state index in [4.69, 9.17) is 5.73 Å². The fourth-order valence-electron chi connectivity index (χ4n) is 2.54. The van der Waals surface area contributed by atoms with Crippen LogP contribution in [0.2, 0.25) is 0 Å². The van der Waals surface area contributed by atoms with Crippen LogP contribution in [0.4, 0.5) is 0 Å². The summed E-state index contributed by atoms with van der Waals surface area (Å²) in [6.07, 6.45) is 3.42. The smallest absolute Gasteiger partial charge is 0.240 e. The van der Waals surface area contributed by atoms with Crippen LogP contribution in [0.15, 0.2) is 0 Å². The van der Waals surface area contributed by atoms with Crippen molar-refractivity contribution < 1.29 is 9.90 Å². The minimum atomic E-state index is -0.506. The summed E-state index contributed by atoms with van der Waals surface area (Å²) in [5.74, 6) is 1.75. The molecule has 0 aromatic heterocycles. The molecular weight excluding hydrogens is 224 g/mol. The van der Waals surface area contributed by atoms with Crippen molar-refractivity contribution in [3.8, 4) is 0 Å². The van der Waals surface area contributed by atoms with Crippen LogP contribution in [-0.4, -0.2) is 46.2 Å². The lowest BCUT2D eigenvalue weighted by Crippen LogP contribution is -2.50. The van der Waals surface area contributed by atoms with E-state index in [1.54, 1.807) is 11.8 Å². The molecule has 2 fully saturated rings. The molecule has 0 radical (unpaired) electrons. The number of nitrogens with zero attached hydrogens (tertiary/aromatic N) is 1. The fourth-order valence-corrected chi connectivity index (χ4v) is 3.50. The van der Waals surface area contributed by atoms with Gasteiger partial charge >= 0.3 is 0 Å². The maximum Gasteiger partial charge on any atom is 0.240 e. The third-order valence-corrected chi connectivity index (χ3v) is 4.56. The number of aliphatic hydroxyl groups excluding tert-OH is 1. The van der Waals surface area contributed by atoms with Crippen molar-refractivity contribution in [3.63, 3.8) is 0 Å². The Morgan fingerprint density at radius 1 is 1.44 bits per heavy atom. The lowest BCUT2D eigenvalue weighted by atomic mass is 9.81. The van der Waals surface area contributed by atoms with Gasteiger partial charge in [-0.1, -0.05) is 12.8 Å². The molecule has 1 heterocycles. The molecule has 1 aliphatic carbocycles. The van der Waals surface area contributed by atoms with Crippen molar-refractivity contribution in [1.82, 2.24) is 4.90 Å². The fraction of sp³-hybridized carbons (Fsp3) is 0.909. The maximum absolute atomic E-state index is 12.1. The first-order chi connectivity index (χ1) is 7.70. The van der Waals surface area contributed by atoms with Crippen LogP contribution in [0, 0.1) is 5.92 Å². The van der Waals surface area contributed by atoms with Crippen LogP contribution in [0.3, 0.4) is 0 Å². The van der Waals surface area contributed by atoms with E-state index in [2.05, 4.69) is 0 Å². The Morgan fingerprint density at radius 3 is 2.81 bits per heavy atom. The molecule has 1 saturated carbocycles. The Balaban J connectivity index is 1.94. The van der Waals surface area contributed by atoms with Gasteiger partial charge in [0.05, 0.1) is 18.0 Å². The zero-order valence-corrected chi connectivity index (χ0v) is 10.3. The quantitative estimate of drug-likeness (QED) is 0.738. The molecule has 1 aliphatic heterocycles. The monoisotopic (exact) mass is 244 g/mol. The highest BCUT2D eigenvalue weighted by atomic mass is 32.2. The molecule has 3 atom stereocenters. The summed E-state index contributed by atoms with van der Waals surface area (Å²) in [4.78, 5) is 13.9. The van der Waals surface area contributed by atoms with Gasteiger partial charge in [-0.05, 0) is 12.8 Å². The van der Waals surface area contributed by atoms with E-state index in [1.165, 1.54) is 0 Å². The summed E-state index contributed by atoms with van der Waals surface area (Å²) >= 11 is 1.76. The van der Waals surface area contributed by atoms with E-state index < -0.39 is 6.04 Å². The Kier molecular flexibility index (Phi) is 4.10. The molecule has 16 heavy (non-hydrogen) atoms. The van der Waals surface area contributed by atoms with Crippen LogP contribution in [0.1, 0.15) is 25.7 Å². The molecule has 2 rings (SSSR count). The summed E-state index contributed by atoms with van der Waals surface area (Å²) in [5, 5.41) is 9.88. The zero-order chi connectivity index (χ0) is 11.5. The second-order valence-corrected chi connectivity index (χ2v) is 5.76. The summed E-state index contributed by atoms with van der Waals surface area (Å²) < 4.78 is 0. The van der Waals surface area contributed by atoms with Crippen molar-refractivity contribution in [2.45, 2.75) is 37.8 Å². The summed E-state index contributed by atoms with van der Waals surface area (Å²) in [6, 6.07) is -0.506. The molecule has 2 aliphatic rings. The first kappa shape index (κ1) is 12.2. The van der Waals surface area contributed by atoms with Crippen molar-refractivity contribution in [2.24, 2.45) is 11.7 Å². The number of carbonyl (C=O) groups excluding carboxylic acids is 1. The number of thioether (sulfide) groups is 1. The van der Waals surface area contributed by atoms with Gasteiger partial charge in [0, 0.05) is 18.2 Å². The van der Waals surface area contributed by atoms with Gasteiger partial charge in [0.15, 0.2) is 0 Å². The second kappa shape index (κ2) is 5.38. The Hall–Kier alpha value is -0.260. The first-order valence-corrected chi connectivity index (χ1v) is 7.16. The second-order valence-electron chi connectivity index (χ2n) is 4.68. The number of hydrogen-bond donors (Lipinski definition) is 2. The van der Waals surface area contributed by atoms with E-state index in [1.807, 2.05) is 4.90 Å². The lowest BCUT2D eigenvalue weighted by Gasteiger charge is -2.33. The highest BCUT2D eigenvalue weighted by molar-refractivity contribution is 7.99. The van der Waals surface area contributed by atoms with Gasteiger partial charge in [0.2, 0.25) is 5.91 Å². The van der Waals surface area contributed by atoms with Gasteiger partial charge in [-0.25, -0.2) is 0 Å². The van der Waals surface area contributed by atoms with Gasteiger partial charge in [0.25, 0.3) is 0 Å². The standard InChI is InChI=1S/C11H20N2O2S/c12-10(8-3-1-2-4-9(8)14)11(15)13-5-6-16-7-13/h8-10,14H,1-7,12H2/t8-,9-,10+/m1/s1. The highest BCUT2D eigenvalue weighted by Crippen LogP contribution is 2.27. The third-order valence-electron chi connectivity index (χ3n) is 3.59. The number of carbonyl (C=O) groups is 1. The van der Waals surface area contributed by atoms with Gasteiger partial charge in [-0.15, -0.1) is 11.8 Å². The topological polar surface area (TPSA) is 66.6 Å². The number of nitrogens with two attached hydrogens (primary N) is 1. The number of hydrogen-bond acceptors (Lipinski definition) is 4. The van der Waals surface area contributed by atoms with Crippen LogP contribution >= 0.6 is 11.8 Å². The predicted octanol–water partition coefficient (Wildman–Crippen LogP) is 0.398. The van der Waals surface area contributed by atoms with Crippen molar-refractivity contribution in [2.75, 3.05) is 18.2 Å². The molecule has 3 N–H and O–H groups in total. The average Bonchev–Trinajstić information content (AvgIpc) is 2.81. The minimum Gasteiger partial charge on any atom is -0.393 e. The molecule has 0 aromatic carbocycles. The van der Waals surface area contributed by atoms with Crippen molar-refractivity contribution in [1.29, 1.82) is 0 Å².